The predicted octanol–water partition coefficient (Wildman–Crippen LogP) is 4.04. The van der Waals surface area contributed by atoms with Crippen LogP contribution in [0.25, 0.3) is 0 Å². The zero-order chi connectivity index (χ0) is 11.8. The average molecular weight is 213 g/mol. The van der Waals surface area contributed by atoms with E-state index in [1.54, 1.807) is 0 Å². The van der Waals surface area contributed by atoms with Crippen molar-refractivity contribution in [3.63, 3.8) is 0 Å². The summed E-state index contributed by atoms with van der Waals surface area (Å²) in [4.78, 5) is 2.55. The first-order valence-corrected chi connectivity index (χ1v) is 6.82. The molecule has 3 atom stereocenters. The Morgan fingerprint density at radius 3 is 1.67 bits per heavy atom. The second-order valence-electron chi connectivity index (χ2n) is 4.92. The Bertz CT molecular complexity index is 140. The van der Waals surface area contributed by atoms with Gasteiger partial charge in [0.15, 0.2) is 0 Å². The van der Waals surface area contributed by atoms with Crippen LogP contribution in [0.5, 0.6) is 0 Å². The molecule has 0 radical (unpaired) electrons. The van der Waals surface area contributed by atoms with E-state index in [1.165, 1.54) is 32.5 Å². The largest absolute Gasteiger partial charge is 0.304 e. The lowest BCUT2D eigenvalue weighted by Crippen LogP contribution is -2.33. The Labute approximate surface area is 97.2 Å². The van der Waals surface area contributed by atoms with E-state index < -0.39 is 0 Å². The molecule has 0 aromatic carbocycles. The lowest BCUT2D eigenvalue weighted by molar-refractivity contribution is 0.171. The van der Waals surface area contributed by atoms with Gasteiger partial charge in [-0.05, 0) is 30.8 Å². The molecule has 3 unspecified atom stereocenters. The number of rotatable bonds is 8. The molecule has 0 spiro atoms. The van der Waals surface area contributed by atoms with Gasteiger partial charge in [-0.15, -0.1) is 0 Å². The lowest BCUT2D eigenvalue weighted by atomic mass is 9.80. The van der Waals surface area contributed by atoms with Crippen LogP contribution >= 0.6 is 0 Å². The van der Waals surface area contributed by atoms with Gasteiger partial charge in [0.05, 0.1) is 0 Å². The van der Waals surface area contributed by atoms with E-state index in [0.29, 0.717) is 0 Å². The number of hydrogen-bond donors (Lipinski definition) is 0. The third-order valence-electron chi connectivity index (χ3n) is 4.02. The van der Waals surface area contributed by atoms with Gasteiger partial charge >= 0.3 is 0 Å². The molecule has 0 heterocycles. The maximum Gasteiger partial charge on any atom is 0.000953 e. The van der Waals surface area contributed by atoms with Crippen molar-refractivity contribution in [2.24, 2.45) is 17.8 Å². The summed E-state index contributed by atoms with van der Waals surface area (Å²) in [6, 6.07) is 0. The number of nitrogens with zero attached hydrogens (tertiary/aromatic N) is 1. The molecule has 0 aliphatic heterocycles. The molecule has 0 aromatic heterocycles. The minimum absolute atomic E-state index is 0.838. The molecule has 0 N–H and O–H groups in total. The molecule has 1 nitrogen and oxygen atoms in total. The van der Waals surface area contributed by atoms with Crippen LogP contribution in [0.15, 0.2) is 0 Å². The summed E-state index contributed by atoms with van der Waals surface area (Å²) in [6.45, 7) is 17.7. The standard InChI is InChI=1S/C14H31N/c1-7-12(5)14(8-2)13(6)11-15(9-3)10-4/h12-14H,7-11H2,1-6H3. The van der Waals surface area contributed by atoms with Crippen molar-refractivity contribution in [3.05, 3.63) is 0 Å². The molecule has 0 aromatic rings. The second-order valence-corrected chi connectivity index (χ2v) is 4.92. The van der Waals surface area contributed by atoms with E-state index in [4.69, 9.17) is 0 Å². The van der Waals surface area contributed by atoms with Gasteiger partial charge in [-0.3, -0.25) is 0 Å². The highest BCUT2D eigenvalue weighted by atomic mass is 15.1. The van der Waals surface area contributed by atoms with Crippen LogP contribution in [0.1, 0.15) is 54.4 Å². The minimum Gasteiger partial charge on any atom is -0.304 e. The fourth-order valence-electron chi connectivity index (χ4n) is 2.69. The smallest absolute Gasteiger partial charge is 0.000953 e. The predicted molar refractivity (Wildman–Crippen MR) is 70.2 cm³/mol. The topological polar surface area (TPSA) is 3.24 Å². The van der Waals surface area contributed by atoms with Crippen molar-refractivity contribution < 1.29 is 0 Å². The molecule has 0 fully saturated rings. The van der Waals surface area contributed by atoms with E-state index in [-0.39, 0.29) is 0 Å². The molecule has 15 heavy (non-hydrogen) atoms. The van der Waals surface area contributed by atoms with Crippen molar-refractivity contribution in [2.45, 2.75) is 54.4 Å². The van der Waals surface area contributed by atoms with Gasteiger partial charge in [-0.2, -0.15) is 0 Å². The molecule has 0 saturated carbocycles. The first kappa shape index (κ1) is 15.0. The summed E-state index contributed by atoms with van der Waals surface area (Å²) in [6.07, 6.45) is 2.65. The van der Waals surface area contributed by atoms with Crippen molar-refractivity contribution in [1.29, 1.82) is 0 Å². The van der Waals surface area contributed by atoms with Gasteiger partial charge in [0.1, 0.15) is 0 Å². The van der Waals surface area contributed by atoms with Gasteiger partial charge in [0.2, 0.25) is 0 Å². The van der Waals surface area contributed by atoms with Gasteiger partial charge in [0.25, 0.3) is 0 Å². The van der Waals surface area contributed by atoms with Crippen LogP contribution in [0, 0.1) is 17.8 Å². The molecular formula is C14H31N. The molecule has 0 amide bonds. The Hall–Kier alpha value is -0.0400. The Morgan fingerprint density at radius 2 is 1.33 bits per heavy atom. The zero-order valence-corrected chi connectivity index (χ0v) is 11.7. The van der Waals surface area contributed by atoms with Crippen LogP contribution in [0.4, 0.5) is 0 Å². The minimum atomic E-state index is 0.838. The van der Waals surface area contributed by atoms with Gasteiger partial charge in [-0.25, -0.2) is 0 Å². The maximum atomic E-state index is 2.55. The second kappa shape index (κ2) is 8.15. The molecule has 0 bridgehead atoms. The van der Waals surface area contributed by atoms with Crippen LogP contribution in [0.2, 0.25) is 0 Å². The molecule has 0 aliphatic carbocycles. The third-order valence-corrected chi connectivity index (χ3v) is 4.02. The highest BCUT2D eigenvalue weighted by Crippen LogP contribution is 2.27. The zero-order valence-electron chi connectivity index (χ0n) is 11.7. The van der Waals surface area contributed by atoms with E-state index in [1.807, 2.05) is 0 Å². The lowest BCUT2D eigenvalue weighted by Gasteiger charge is -2.32. The fourth-order valence-corrected chi connectivity index (χ4v) is 2.69. The summed E-state index contributed by atoms with van der Waals surface area (Å²) >= 11 is 0. The summed E-state index contributed by atoms with van der Waals surface area (Å²) in [5.41, 5.74) is 0. The third kappa shape index (κ3) is 5.01. The van der Waals surface area contributed by atoms with Crippen LogP contribution in [-0.4, -0.2) is 24.5 Å². The first-order valence-electron chi connectivity index (χ1n) is 6.82. The van der Waals surface area contributed by atoms with Crippen molar-refractivity contribution in [1.82, 2.24) is 4.90 Å². The van der Waals surface area contributed by atoms with Crippen LogP contribution in [0.3, 0.4) is 0 Å². The van der Waals surface area contributed by atoms with E-state index in [0.717, 1.165) is 17.8 Å². The Balaban J connectivity index is 4.19. The molecule has 0 aliphatic rings. The number of hydrogen-bond acceptors (Lipinski definition) is 1. The average Bonchev–Trinajstić information content (AvgIpc) is 2.26. The van der Waals surface area contributed by atoms with Gasteiger partial charge in [0, 0.05) is 6.54 Å². The quantitative estimate of drug-likeness (QED) is 0.588. The van der Waals surface area contributed by atoms with Gasteiger partial charge in [-0.1, -0.05) is 54.4 Å². The molecule has 0 rings (SSSR count). The summed E-state index contributed by atoms with van der Waals surface area (Å²) in [5, 5.41) is 0. The molecule has 1 heteroatoms. The van der Waals surface area contributed by atoms with E-state index >= 15 is 0 Å². The SMILES string of the molecule is CCC(C)C(CC)C(C)CN(CC)CC. The maximum absolute atomic E-state index is 2.55. The van der Waals surface area contributed by atoms with E-state index in [9.17, 15) is 0 Å². The van der Waals surface area contributed by atoms with Crippen molar-refractivity contribution in [2.75, 3.05) is 19.6 Å². The molecule has 0 saturated heterocycles. The van der Waals surface area contributed by atoms with E-state index in [2.05, 4.69) is 46.4 Å². The molecule has 92 valence electrons. The fraction of sp³-hybridized carbons (Fsp3) is 1.00. The summed E-state index contributed by atoms with van der Waals surface area (Å²) < 4.78 is 0. The Morgan fingerprint density at radius 1 is 0.800 bits per heavy atom. The van der Waals surface area contributed by atoms with Crippen molar-refractivity contribution in [3.8, 4) is 0 Å². The monoisotopic (exact) mass is 213 g/mol. The van der Waals surface area contributed by atoms with Crippen molar-refractivity contribution >= 4 is 0 Å². The highest BCUT2D eigenvalue weighted by Gasteiger charge is 2.21. The first-order chi connectivity index (χ1) is 7.10. The summed E-state index contributed by atoms with van der Waals surface area (Å²) in [5.74, 6) is 2.61. The van der Waals surface area contributed by atoms with Crippen LogP contribution < -0.4 is 0 Å². The molecular weight excluding hydrogens is 182 g/mol. The van der Waals surface area contributed by atoms with Crippen LogP contribution in [-0.2, 0) is 0 Å². The summed E-state index contributed by atoms with van der Waals surface area (Å²) in [7, 11) is 0. The van der Waals surface area contributed by atoms with Gasteiger partial charge < -0.3 is 4.90 Å². The highest BCUT2D eigenvalue weighted by molar-refractivity contribution is 4.73. The normalized spacial score (nSPS) is 17.8. The Kier molecular flexibility index (Phi) is 8.13.